The third kappa shape index (κ3) is 5.23. The molecule has 2 amide bonds. The van der Waals surface area contributed by atoms with Crippen LogP contribution in [-0.4, -0.2) is 70.3 Å². The molecule has 124 valence electrons. The number of aromatic nitrogens is 1. The van der Waals surface area contributed by atoms with Gasteiger partial charge in [-0.25, -0.2) is 9.78 Å². The number of carbonyl (C=O) groups excluding carboxylic acids is 1. The van der Waals surface area contributed by atoms with Crippen molar-refractivity contribution in [2.45, 2.75) is 38.8 Å². The molecular weight excluding hydrogens is 300 g/mol. The van der Waals surface area contributed by atoms with Crippen molar-refractivity contribution >= 4 is 17.4 Å². The minimum absolute atomic E-state index is 0.00867. The van der Waals surface area contributed by atoms with Crippen molar-refractivity contribution in [3.8, 4) is 0 Å². The first-order valence-electron chi connectivity index (χ1n) is 7.71. The summed E-state index contributed by atoms with van der Waals surface area (Å²) in [4.78, 5) is 20.6. The Balaban J connectivity index is 1.74. The summed E-state index contributed by atoms with van der Waals surface area (Å²) in [5, 5.41) is 14.9. The van der Waals surface area contributed by atoms with E-state index in [9.17, 15) is 9.90 Å². The zero-order valence-electron chi connectivity index (χ0n) is 13.6. The molecule has 0 spiro atoms. The number of hydrogen-bond acceptors (Lipinski definition) is 5. The predicted molar refractivity (Wildman–Crippen MR) is 88.1 cm³/mol. The maximum absolute atomic E-state index is 12.3. The number of carbonyl (C=O) groups is 1. The number of thiazole rings is 1. The number of nitrogens with one attached hydrogen (secondary N) is 1. The van der Waals surface area contributed by atoms with Gasteiger partial charge in [0.05, 0.1) is 16.8 Å². The van der Waals surface area contributed by atoms with E-state index in [1.807, 2.05) is 24.1 Å². The van der Waals surface area contributed by atoms with Crippen LogP contribution in [-0.2, 0) is 6.42 Å². The third-order valence-electron chi connectivity index (χ3n) is 3.72. The van der Waals surface area contributed by atoms with Crippen molar-refractivity contribution < 1.29 is 9.90 Å². The Morgan fingerprint density at radius 3 is 2.91 bits per heavy atom. The number of aliphatic hydroxyl groups is 1. The molecule has 2 heterocycles. The topological polar surface area (TPSA) is 68.7 Å². The van der Waals surface area contributed by atoms with Crippen LogP contribution in [0.2, 0.25) is 0 Å². The lowest BCUT2D eigenvalue weighted by atomic mass is 10.1. The Morgan fingerprint density at radius 1 is 1.55 bits per heavy atom. The van der Waals surface area contributed by atoms with E-state index in [1.165, 1.54) is 0 Å². The van der Waals surface area contributed by atoms with Crippen LogP contribution in [0.1, 0.15) is 26.5 Å². The van der Waals surface area contributed by atoms with Crippen LogP contribution in [0.4, 0.5) is 4.79 Å². The molecule has 2 N–H and O–H groups in total. The second-order valence-corrected chi connectivity index (χ2v) is 7.27. The van der Waals surface area contributed by atoms with Crippen molar-refractivity contribution in [3.05, 3.63) is 16.6 Å². The Kier molecular flexibility index (Phi) is 5.77. The van der Waals surface area contributed by atoms with Gasteiger partial charge in [-0.2, -0.15) is 0 Å². The summed E-state index contributed by atoms with van der Waals surface area (Å²) < 4.78 is 0. The van der Waals surface area contributed by atoms with Gasteiger partial charge in [0.1, 0.15) is 0 Å². The van der Waals surface area contributed by atoms with Gasteiger partial charge >= 0.3 is 6.03 Å². The fourth-order valence-corrected chi connectivity index (χ4v) is 3.38. The monoisotopic (exact) mass is 326 g/mol. The van der Waals surface area contributed by atoms with Crippen LogP contribution in [0.5, 0.6) is 0 Å². The number of amides is 2. The number of nitrogens with zero attached hydrogens (tertiary/aromatic N) is 3. The van der Waals surface area contributed by atoms with Crippen LogP contribution < -0.4 is 5.32 Å². The number of β-amino-alcohol motifs (C(OH)–C–C–N with tert-alkyl or cyclic N) is 1. The molecule has 1 aromatic heterocycles. The zero-order valence-corrected chi connectivity index (χ0v) is 14.4. The second kappa shape index (κ2) is 7.39. The Bertz CT molecular complexity index is 472. The average molecular weight is 326 g/mol. The molecule has 0 unspecified atom stereocenters. The summed E-state index contributed by atoms with van der Waals surface area (Å²) in [6, 6.07) is 0.140. The highest BCUT2D eigenvalue weighted by Crippen LogP contribution is 2.13. The minimum atomic E-state index is -0.697. The van der Waals surface area contributed by atoms with Gasteiger partial charge in [0.2, 0.25) is 0 Å². The van der Waals surface area contributed by atoms with Crippen LogP contribution in [0.25, 0.3) is 0 Å². The van der Waals surface area contributed by atoms with Gasteiger partial charge in [0.25, 0.3) is 0 Å². The number of urea groups is 1. The van der Waals surface area contributed by atoms with E-state index in [2.05, 4.69) is 22.1 Å². The standard InChI is InChI=1S/C15H26N4O2S/c1-12-8-18(10-15(2,3)21)6-7-19(12)14(20)16-5-4-13-9-22-11-17-13/h9,11-12,21H,4-8,10H2,1-3H3,(H,16,20)/t12-/m0/s1. The van der Waals surface area contributed by atoms with Crippen molar-refractivity contribution in [2.24, 2.45) is 0 Å². The Hall–Kier alpha value is -1.18. The molecule has 1 aliphatic rings. The first kappa shape index (κ1) is 17.2. The van der Waals surface area contributed by atoms with E-state index < -0.39 is 5.60 Å². The lowest BCUT2D eigenvalue weighted by Gasteiger charge is -2.41. The molecule has 1 atom stereocenters. The van der Waals surface area contributed by atoms with Crippen molar-refractivity contribution in [3.63, 3.8) is 0 Å². The molecule has 0 radical (unpaired) electrons. The molecule has 0 saturated carbocycles. The van der Waals surface area contributed by atoms with Crippen molar-refractivity contribution in [2.75, 3.05) is 32.7 Å². The normalized spacial score (nSPS) is 20.2. The first-order valence-corrected chi connectivity index (χ1v) is 8.66. The van der Waals surface area contributed by atoms with Crippen LogP contribution in [0, 0.1) is 0 Å². The number of hydrogen-bond donors (Lipinski definition) is 2. The largest absolute Gasteiger partial charge is 0.389 e. The summed E-state index contributed by atoms with van der Waals surface area (Å²) in [6.45, 7) is 9.22. The molecule has 1 fully saturated rings. The predicted octanol–water partition coefficient (Wildman–Crippen LogP) is 1.17. The maximum atomic E-state index is 12.3. The van der Waals surface area contributed by atoms with E-state index in [4.69, 9.17) is 0 Å². The van der Waals surface area contributed by atoms with Crippen LogP contribution in [0.3, 0.4) is 0 Å². The molecule has 0 bridgehead atoms. The van der Waals surface area contributed by atoms with Crippen LogP contribution in [0.15, 0.2) is 10.9 Å². The second-order valence-electron chi connectivity index (χ2n) is 6.55. The molecule has 7 heteroatoms. The smallest absolute Gasteiger partial charge is 0.317 e. The van der Waals surface area contributed by atoms with E-state index in [1.54, 1.807) is 16.8 Å². The van der Waals surface area contributed by atoms with Crippen molar-refractivity contribution in [1.82, 2.24) is 20.1 Å². The van der Waals surface area contributed by atoms with E-state index in [0.717, 1.165) is 25.2 Å². The third-order valence-corrected chi connectivity index (χ3v) is 4.36. The fraction of sp³-hybridized carbons (Fsp3) is 0.733. The fourth-order valence-electron chi connectivity index (χ4n) is 2.79. The highest BCUT2D eigenvalue weighted by molar-refractivity contribution is 7.07. The van der Waals surface area contributed by atoms with E-state index in [-0.39, 0.29) is 12.1 Å². The minimum Gasteiger partial charge on any atom is -0.389 e. The van der Waals surface area contributed by atoms with Gasteiger partial charge < -0.3 is 15.3 Å². The molecule has 1 aromatic rings. The molecule has 1 saturated heterocycles. The molecule has 2 rings (SSSR count). The summed E-state index contributed by atoms with van der Waals surface area (Å²) >= 11 is 1.57. The van der Waals surface area contributed by atoms with E-state index >= 15 is 0 Å². The molecular formula is C15H26N4O2S. The molecule has 0 aliphatic carbocycles. The van der Waals surface area contributed by atoms with Crippen molar-refractivity contribution in [1.29, 1.82) is 0 Å². The van der Waals surface area contributed by atoms with E-state index in [0.29, 0.717) is 19.6 Å². The lowest BCUT2D eigenvalue weighted by Crippen LogP contribution is -2.58. The number of piperazine rings is 1. The van der Waals surface area contributed by atoms with Crippen LogP contribution >= 0.6 is 11.3 Å². The summed E-state index contributed by atoms with van der Waals surface area (Å²) in [5.74, 6) is 0. The maximum Gasteiger partial charge on any atom is 0.317 e. The molecule has 0 aromatic carbocycles. The molecule has 6 nitrogen and oxygen atoms in total. The highest BCUT2D eigenvalue weighted by Gasteiger charge is 2.29. The van der Waals surface area contributed by atoms with Gasteiger partial charge in [-0.15, -0.1) is 11.3 Å². The van der Waals surface area contributed by atoms with Gasteiger partial charge in [-0.3, -0.25) is 4.90 Å². The summed E-state index contributed by atoms with van der Waals surface area (Å²) in [5.41, 5.74) is 2.13. The summed E-state index contributed by atoms with van der Waals surface area (Å²) in [7, 11) is 0. The quantitative estimate of drug-likeness (QED) is 0.852. The van der Waals surface area contributed by atoms with Gasteiger partial charge in [-0.1, -0.05) is 0 Å². The zero-order chi connectivity index (χ0) is 16.2. The van der Waals surface area contributed by atoms with Gasteiger partial charge in [0.15, 0.2) is 0 Å². The van der Waals surface area contributed by atoms with Gasteiger partial charge in [0, 0.05) is 50.6 Å². The SMILES string of the molecule is C[C@H]1CN(CC(C)(C)O)CCN1C(=O)NCCc1cscn1. The first-order chi connectivity index (χ1) is 10.3. The average Bonchev–Trinajstić information content (AvgIpc) is 2.89. The highest BCUT2D eigenvalue weighted by atomic mass is 32.1. The molecule has 1 aliphatic heterocycles. The summed E-state index contributed by atoms with van der Waals surface area (Å²) in [6.07, 6.45) is 0.766. The Morgan fingerprint density at radius 2 is 2.32 bits per heavy atom. The van der Waals surface area contributed by atoms with Gasteiger partial charge in [-0.05, 0) is 20.8 Å². The molecule has 22 heavy (non-hydrogen) atoms. The lowest BCUT2D eigenvalue weighted by molar-refractivity contribution is 0.0119. The number of rotatable bonds is 5. The Labute approximate surface area is 136 Å².